The Morgan fingerprint density at radius 1 is 1.28 bits per heavy atom. The predicted molar refractivity (Wildman–Crippen MR) is 126 cm³/mol. The van der Waals surface area contributed by atoms with Crippen LogP contribution in [0.15, 0.2) is 40.3 Å². The number of hydrogen-bond acceptors (Lipinski definition) is 6. The summed E-state index contributed by atoms with van der Waals surface area (Å²) in [6.45, 7) is 6.44. The number of carbonyl (C=O) groups is 1. The van der Waals surface area contributed by atoms with E-state index in [0.717, 1.165) is 30.8 Å². The number of thioether (sulfide) groups is 1. The monoisotopic (exact) mass is 455 g/mol. The van der Waals surface area contributed by atoms with E-state index in [9.17, 15) is 9.59 Å². The topological polar surface area (TPSA) is 75.4 Å². The number of ether oxygens (including phenoxy) is 2. The third-order valence-electron chi connectivity index (χ3n) is 5.96. The predicted octanol–water partition coefficient (Wildman–Crippen LogP) is 3.62. The number of benzene rings is 1. The quantitative estimate of drug-likeness (QED) is 0.279. The van der Waals surface area contributed by atoms with Crippen molar-refractivity contribution in [3.8, 4) is 0 Å². The third-order valence-corrected chi connectivity index (χ3v) is 6.94. The van der Waals surface area contributed by atoms with Crippen LogP contribution in [0.4, 0.5) is 0 Å². The van der Waals surface area contributed by atoms with Gasteiger partial charge in [-0.3, -0.25) is 14.2 Å². The molecule has 1 aliphatic rings. The first kappa shape index (κ1) is 22.8. The van der Waals surface area contributed by atoms with Crippen LogP contribution in [0.3, 0.4) is 0 Å². The molecule has 0 radical (unpaired) electrons. The first-order valence-electron chi connectivity index (χ1n) is 10.9. The van der Waals surface area contributed by atoms with Crippen molar-refractivity contribution in [2.45, 2.75) is 51.0 Å². The van der Waals surface area contributed by atoms with Crippen LogP contribution in [0.25, 0.3) is 10.9 Å². The molecule has 0 spiro atoms. The SMILES string of the molecule is COCCn1c(C)cc(C(=O)CSc2nc3ccccc3c(=O)n2C[C@H]2CCCO2)c1C. The fraction of sp³-hybridized carbons (Fsp3) is 0.458. The lowest BCUT2D eigenvalue weighted by Crippen LogP contribution is -2.29. The summed E-state index contributed by atoms with van der Waals surface area (Å²) in [7, 11) is 1.67. The maximum absolute atomic E-state index is 13.2. The highest BCUT2D eigenvalue weighted by atomic mass is 32.2. The van der Waals surface area contributed by atoms with E-state index < -0.39 is 0 Å². The summed E-state index contributed by atoms with van der Waals surface area (Å²) in [4.78, 5) is 31.0. The minimum absolute atomic E-state index is 0.00502. The summed E-state index contributed by atoms with van der Waals surface area (Å²) in [6.07, 6.45) is 1.93. The summed E-state index contributed by atoms with van der Waals surface area (Å²) >= 11 is 1.32. The molecule has 1 aromatic carbocycles. The number of Topliss-reactive ketones (excluding diaryl/α,β-unsaturated/α-hetero) is 1. The fourth-order valence-electron chi connectivity index (χ4n) is 4.23. The van der Waals surface area contributed by atoms with E-state index in [1.165, 1.54) is 11.8 Å². The smallest absolute Gasteiger partial charge is 0.262 e. The van der Waals surface area contributed by atoms with Gasteiger partial charge in [-0.1, -0.05) is 23.9 Å². The lowest BCUT2D eigenvalue weighted by atomic mass is 10.2. The van der Waals surface area contributed by atoms with E-state index in [4.69, 9.17) is 14.5 Å². The Kier molecular flexibility index (Phi) is 7.13. The van der Waals surface area contributed by atoms with Gasteiger partial charge in [0.05, 0.1) is 35.9 Å². The van der Waals surface area contributed by atoms with Gasteiger partial charge in [0.1, 0.15) is 0 Å². The number of hydrogen-bond donors (Lipinski definition) is 0. The second-order valence-electron chi connectivity index (χ2n) is 8.10. The minimum Gasteiger partial charge on any atom is -0.383 e. The van der Waals surface area contributed by atoms with E-state index in [2.05, 4.69) is 4.57 Å². The summed E-state index contributed by atoms with van der Waals surface area (Å²) in [6, 6.07) is 9.28. The molecule has 1 aliphatic heterocycles. The van der Waals surface area contributed by atoms with Crippen LogP contribution in [0.1, 0.15) is 34.6 Å². The van der Waals surface area contributed by atoms with Crippen molar-refractivity contribution in [3.05, 3.63) is 57.6 Å². The number of methoxy groups -OCH3 is 1. The molecule has 0 bridgehead atoms. The van der Waals surface area contributed by atoms with Crippen molar-refractivity contribution < 1.29 is 14.3 Å². The van der Waals surface area contributed by atoms with Crippen molar-refractivity contribution in [1.82, 2.24) is 14.1 Å². The van der Waals surface area contributed by atoms with Gasteiger partial charge in [-0.25, -0.2) is 4.98 Å². The minimum atomic E-state index is -0.0845. The van der Waals surface area contributed by atoms with Crippen LogP contribution in [0.2, 0.25) is 0 Å². The molecule has 1 saturated heterocycles. The molecule has 3 aromatic rings. The molecule has 1 atom stereocenters. The molecule has 0 amide bonds. The number of aromatic nitrogens is 3. The second-order valence-corrected chi connectivity index (χ2v) is 9.05. The molecule has 3 heterocycles. The molecule has 0 N–H and O–H groups in total. The van der Waals surface area contributed by atoms with Gasteiger partial charge in [0.25, 0.3) is 5.56 Å². The van der Waals surface area contributed by atoms with Gasteiger partial charge >= 0.3 is 0 Å². The van der Waals surface area contributed by atoms with E-state index in [-0.39, 0.29) is 23.2 Å². The molecule has 7 nitrogen and oxygen atoms in total. The number of rotatable bonds is 9. The molecular weight excluding hydrogens is 426 g/mol. The largest absolute Gasteiger partial charge is 0.383 e. The van der Waals surface area contributed by atoms with Crippen molar-refractivity contribution in [3.63, 3.8) is 0 Å². The van der Waals surface area contributed by atoms with E-state index in [1.54, 1.807) is 17.7 Å². The first-order valence-corrected chi connectivity index (χ1v) is 11.9. The Morgan fingerprint density at radius 3 is 2.84 bits per heavy atom. The summed E-state index contributed by atoms with van der Waals surface area (Å²) < 4.78 is 14.7. The van der Waals surface area contributed by atoms with E-state index >= 15 is 0 Å². The lowest BCUT2D eigenvalue weighted by Gasteiger charge is -2.16. The molecule has 32 heavy (non-hydrogen) atoms. The van der Waals surface area contributed by atoms with Crippen LogP contribution in [0.5, 0.6) is 0 Å². The Morgan fingerprint density at radius 2 is 2.09 bits per heavy atom. The average Bonchev–Trinajstić information content (AvgIpc) is 3.40. The molecule has 8 heteroatoms. The molecule has 0 saturated carbocycles. The first-order chi connectivity index (χ1) is 15.5. The van der Waals surface area contributed by atoms with Gasteiger partial charge in [0, 0.05) is 37.2 Å². The lowest BCUT2D eigenvalue weighted by molar-refractivity contribution is 0.0937. The molecule has 1 fully saturated rings. The zero-order valence-corrected chi connectivity index (χ0v) is 19.6. The van der Waals surface area contributed by atoms with Crippen LogP contribution in [-0.2, 0) is 22.6 Å². The number of nitrogens with zero attached hydrogens (tertiary/aromatic N) is 3. The Balaban J connectivity index is 1.60. The maximum atomic E-state index is 13.2. The Labute approximate surface area is 191 Å². The van der Waals surface area contributed by atoms with Gasteiger partial charge in [0.15, 0.2) is 10.9 Å². The Bertz CT molecular complexity index is 1180. The van der Waals surface area contributed by atoms with Crippen molar-refractivity contribution in [2.75, 3.05) is 26.1 Å². The second kappa shape index (κ2) is 10.0. The zero-order valence-electron chi connectivity index (χ0n) is 18.8. The molecule has 0 unspecified atom stereocenters. The number of fused-ring (bicyclic) bond motifs is 1. The summed E-state index contributed by atoms with van der Waals surface area (Å²) in [5.41, 5.74) is 3.24. The van der Waals surface area contributed by atoms with Gasteiger partial charge in [-0.15, -0.1) is 0 Å². The maximum Gasteiger partial charge on any atom is 0.262 e. The molecule has 170 valence electrons. The summed E-state index contributed by atoms with van der Waals surface area (Å²) in [5, 5.41) is 1.15. The normalized spacial score (nSPS) is 16.2. The van der Waals surface area contributed by atoms with Crippen molar-refractivity contribution >= 4 is 28.4 Å². The van der Waals surface area contributed by atoms with E-state index in [1.807, 2.05) is 38.1 Å². The molecular formula is C24H29N3O4S. The van der Waals surface area contributed by atoms with Gasteiger partial charge < -0.3 is 14.0 Å². The standard InChI is InChI=1S/C24H29N3O4S/c1-16-13-20(17(2)26(16)10-12-30-3)22(28)15-32-24-25-21-9-5-4-8-19(21)23(29)27(24)14-18-7-6-11-31-18/h4-5,8-9,13,18H,6-7,10-12,14-15H2,1-3H3/t18-/m1/s1. The van der Waals surface area contributed by atoms with Gasteiger partial charge in [-0.2, -0.15) is 0 Å². The number of carbonyl (C=O) groups excluding carboxylic acids is 1. The van der Waals surface area contributed by atoms with Crippen molar-refractivity contribution in [2.24, 2.45) is 0 Å². The fourth-order valence-corrected chi connectivity index (χ4v) is 5.12. The zero-order chi connectivity index (χ0) is 22.7. The van der Waals surface area contributed by atoms with Crippen molar-refractivity contribution in [1.29, 1.82) is 0 Å². The van der Waals surface area contributed by atoms with Crippen LogP contribution < -0.4 is 5.56 Å². The van der Waals surface area contributed by atoms with Gasteiger partial charge in [-0.05, 0) is 44.9 Å². The highest BCUT2D eigenvalue weighted by molar-refractivity contribution is 7.99. The third kappa shape index (κ3) is 4.67. The van der Waals surface area contributed by atoms with Crippen LogP contribution >= 0.6 is 11.8 Å². The average molecular weight is 456 g/mol. The molecule has 4 rings (SSSR count). The summed E-state index contributed by atoms with van der Waals surface area (Å²) in [5.74, 6) is 0.239. The van der Waals surface area contributed by atoms with Crippen LogP contribution in [0, 0.1) is 13.8 Å². The van der Waals surface area contributed by atoms with Gasteiger partial charge in [0.2, 0.25) is 0 Å². The molecule has 0 aliphatic carbocycles. The molecule has 2 aromatic heterocycles. The number of para-hydroxylation sites is 1. The number of aryl methyl sites for hydroxylation is 1. The Hall–Kier alpha value is -2.42. The number of ketones is 1. The highest BCUT2D eigenvalue weighted by Gasteiger charge is 2.22. The van der Waals surface area contributed by atoms with Crippen LogP contribution in [-0.4, -0.2) is 52.1 Å². The van der Waals surface area contributed by atoms with E-state index in [0.29, 0.717) is 41.3 Å². The highest BCUT2D eigenvalue weighted by Crippen LogP contribution is 2.23.